The zero-order valence-electron chi connectivity index (χ0n) is 7.85. The van der Waals surface area contributed by atoms with Gasteiger partial charge < -0.3 is 0 Å². The summed E-state index contributed by atoms with van der Waals surface area (Å²) in [7, 11) is 0. The van der Waals surface area contributed by atoms with Crippen LogP contribution < -0.4 is 0 Å². The lowest BCUT2D eigenvalue weighted by Gasteiger charge is -2.03. The van der Waals surface area contributed by atoms with Crippen LogP contribution in [0, 0.1) is 5.95 Å². The predicted octanol–water partition coefficient (Wildman–Crippen LogP) is 4.85. The zero-order chi connectivity index (χ0) is 11.7. The molecule has 0 spiro atoms. The van der Waals surface area contributed by atoms with Gasteiger partial charge in [0.1, 0.15) is 0 Å². The van der Waals surface area contributed by atoms with Crippen LogP contribution in [0.1, 0.15) is 0 Å². The van der Waals surface area contributed by atoms with Crippen LogP contribution in [0.2, 0.25) is 15.1 Å². The van der Waals surface area contributed by atoms with Crippen molar-refractivity contribution in [1.82, 2.24) is 4.98 Å². The molecule has 0 bridgehead atoms. The molecule has 16 heavy (non-hydrogen) atoms. The summed E-state index contributed by atoms with van der Waals surface area (Å²) in [6, 6.07) is 6.51. The first kappa shape index (κ1) is 11.6. The van der Waals surface area contributed by atoms with Crippen molar-refractivity contribution in [2.24, 2.45) is 0 Å². The minimum atomic E-state index is -0.696. The second-order valence-corrected chi connectivity index (χ2v) is 4.43. The molecule has 5 heteroatoms. The van der Waals surface area contributed by atoms with Gasteiger partial charge in [-0.15, -0.1) is 0 Å². The molecule has 0 fully saturated rings. The van der Waals surface area contributed by atoms with Gasteiger partial charge in [-0.3, -0.25) is 0 Å². The standard InChI is InChI=1S/C11H5Cl3FN/c12-8-1-6(2-9(13)4-8)7-3-10(14)11(15)16-5-7/h1-5H. The first-order valence-corrected chi connectivity index (χ1v) is 5.47. The third kappa shape index (κ3) is 2.46. The summed E-state index contributed by atoms with van der Waals surface area (Å²) in [5.74, 6) is -0.696. The van der Waals surface area contributed by atoms with Gasteiger partial charge in [0, 0.05) is 21.8 Å². The average Bonchev–Trinajstić information content (AvgIpc) is 2.20. The zero-order valence-corrected chi connectivity index (χ0v) is 10.1. The van der Waals surface area contributed by atoms with E-state index in [9.17, 15) is 4.39 Å². The Bertz CT molecular complexity index is 522. The number of halogens is 4. The number of aromatic nitrogens is 1. The van der Waals surface area contributed by atoms with Gasteiger partial charge in [-0.25, -0.2) is 4.98 Å². The maximum absolute atomic E-state index is 12.9. The van der Waals surface area contributed by atoms with Crippen molar-refractivity contribution in [2.45, 2.75) is 0 Å². The van der Waals surface area contributed by atoms with E-state index in [-0.39, 0.29) is 5.02 Å². The van der Waals surface area contributed by atoms with Gasteiger partial charge in [0.2, 0.25) is 5.95 Å². The van der Waals surface area contributed by atoms with E-state index in [1.807, 2.05) is 0 Å². The highest BCUT2D eigenvalue weighted by molar-refractivity contribution is 6.35. The molecule has 0 aliphatic rings. The van der Waals surface area contributed by atoms with E-state index in [1.165, 1.54) is 12.3 Å². The summed E-state index contributed by atoms with van der Waals surface area (Å²) >= 11 is 17.4. The number of nitrogens with zero attached hydrogens (tertiary/aromatic N) is 1. The number of hydrogen-bond donors (Lipinski definition) is 0. The van der Waals surface area contributed by atoms with E-state index in [4.69, 9.17) is 34.8 Å². The fraction of sp³-hybridized carbons (Fsp3) is 0. The highest BCUT2D eigenvalue weighted by Gasteiger charge is 2.06. The summed E-state index contributed by atoms with van der Waals surface area (Å²) in [5.41, 5.74) is 1.41. The molecule has 2 aromatic rings. The van der Waals surface area contributed by atoms with Crippen molar-refractivity contribution in [1.29, 1.82) is 0 Å². The van der Waals surface area contributed by atoms with Crippen molar-refractivity contribution in [3.8, 4) is 11.1 Å². The van der Waals surface area contributed by atoms with Crippen molar-refractivity contribution in [3.05, 3.63) is 51.5 Å². The lowest BCUT2D eigenvalue weighted by atomic mass is 10.1. The molecular formula is C11H5Cl3FN. The van der Waals surface area contributed by atoms with Crippen LogP contribution in [0.25, 0.3) is 11.1 Å². The Labute approximate surface area is 107 Å². The molecule has 0 amide bonds. The Kier molecular flexibility index (Phi) is 3.33. The van der Waals surface area contributed by atoms with E-state index in [0.29, 0.717) is 15.6 Å². The Morgan fingerprint density at radius 3 is 2.06 bits per heavy atom. The first-order valence-electron chi connectivity index (χ1n) is 4.34. The van der Waals surface area contributed by atoms with E-state index in [1.54, 1.807) is 18.2 Å². The van der Waals surface area contributed by atoms with Crippen molar-refractivity contribution >= 4 is 34.8 Å². The van der Waals surface area contributed by atoms with Crippen LogP contribution in [-0.2, 0) is 0 Å². The number of hydrogen-bond acceptors (Lipinski definition) is 1. The third-order valence-corrected chi connectivity index (χ3v) is 2.69. The van der Waals surface area contributed by atoms with Crippen molar-refractivity contribution in [3.63, 3.8) is 0 Å². The lowest BCUT2D eigenvalue weighted by molar-refractivity contribution is 0.584. The van der Waals surface area contributed by atoms with E-state index in [0.717, 1.165) is 5.56 Å². The van der Waals surface area contributed by atoms with Crippen molar-refractivity contribution in [2.75, 3.05) is 0 Å². The molecule has 1 nitrogen and oxygen atoms in total. The second kappa shape index (κ2) is 4.58. The molecule has 1 heterocycles. The number of pyridine rings is 1. The van der Waals surface area contributed by atoms with Gasteiger partial charge in [0.05, 0.1) is 5.02 Å². The minimum absolute atomic E-state index is 0.0337. The summed E-state index contributed by atoms with van der Waals surface area (Å²) in [6.45, 7) is 0. The van der Waals surface area contributed by atoms with Crippen LogP contribution >= 0.6 is 34.8 Å². The first-order chi connectivity index (χ1) is 7.56. The molecule has 1 aromatic carbocycles. The van der Waals surface area contributed by atoms with Crippen LogP contribution in [0.5, 0.6) is 0 Å². The molecule has 0 radical (unpaired) electrons. The number of rotatable bonds is 1. The quantitative estimate of drug-likeness (QED) is 0.679. The molecule has 0 aliphatic carbocycles. The number of benzene rings is 1. The fourth-order valence-electron chi connectivity index (χ4n) is 1.30. The molecule has 0 saturated carbocycles. The minimum Gasteiger partial charge on any atom is -0.226 e. The summed E-state index contributed by atoms with van der Waals surface area (Å²) in [6.07, 6.45) is 1.38. The highest BCUT2D eigenvalue weighted by atomic mass is 35.5. The largest absolute Gasteiger partial charge is 0.231 e. The topological polar surface area (TPSA) is 12.9 Å². The van der Waals surface area contributed by atoms with Gasteiger partial charge in [-0.2, -0.15) is 4.39 Å². The summed E-state index contributed by atoms with van der Waals surface area (Å²) < 4.78 is 12.9. The lowest BCUT2D eigenvalue weighted by Crippen LogP contribution is -1.86. The van der Waals surface area contributed by atoms with Crippen molar-refractivity contribution < 1.29 is 4.39 Å². The molecular weight excluding hydrogens is 271 g/mol. The average molecular weight is 277 g/mol. The Hall–Kier alpha value is -0.830. The monoisotopic (exact) mass is 275 g/mol. The molecule has 0 atom stereocenters. The molecule has 0 aliphatic heterocycles. The molecule has 0 N–H and O–H groups in total. The van der Waals surface area contributed by atoms with Crippen LogP contribution in [0.4, 0.5) is 4.39 Å². The highest BCUT2D eigenvalue weighted by Crippen LogP contribution is 2.28. The normalized spacial score (nSPS) is 10.5. The molecule has 1 aromatic heterocycles. The summed E-state index contributed by atoms with van der Waals surface area (Å²) in [5, 5.41) is 0.972. The van der Waals surface area contributed by atoms with Crippen LogP contribution in [0.15, 0.2) is 30.5 Å². The maximum atomic E-state index is 12.9. The Balaban J connectivity index is 2.54. The SMILES string of the molecule is Fc1ncc(-c2cc(Cl)cc(Cl)c2)cc1Cl. The molecule has 82 valence electrons. The van der Waals surface area contributed by atoms with E-state index in [2.05, 4.69) is 4.98 Å². The Morgan fingerprint density at radius 2 is 1.50 bits per heavy atom. The third-order valence-electron chi connectivity index (χ3n) is 1.99. The van der Waals surface area contributed by atoms with Crippen LogP contribution in [0.3, 0.4) is 0 Å². The maximum Gasteiger partial charge on any atom is 0.231 e. The fourth-order valence-corrected chi connectivity index (χ4v) is 1.99. The van der Waals surface area contributed by atoms with Gasteiger partial charge in [-0.1, -0.05) is 34.8 Å². The molecule has 0 saturated heterocycles. The second-order valence-electron chi connectivity index (χ2n) is 3.15. The van der Waals surface area contributed by atoms with E-state index < -0.39 is 5.95 Å². The molecule has 2 rings (SSSR count). The van der Waals surface area contributed by atoms with Gasteiger partial charge in [-0.05, 0) is 29.8 Å². The molecule has 0 unspecified atom stereocenters. The predicted molar refractivity (Wildman–Crippen MR) is 64.7 cm³/mol. The van der Waals surface area contributed by atoms with Gasteiger partial charge in [0.25, 0.3) is 0 Å². The Morgan fingerprint density at radius 1 is 0.875 bits per heavy atom. The smallest absolute Gasteiger partial charge is 0.226 e. The van der Waals surface area contributed by atoms with Crippen LogP contribution in [-0.4, -0.2) is 4.98 Å². The van der Waals surface area contributed by atoms with Gasteiger partial charge in [0.15, 0.2) is 0 Å². The summed E-state index contributed by atoms with van der Waals surface area (Å²) in [4.78, 5) is 3.53. The van der Waals surface area contributed by atoms with E-state index >= 15 is 0 Å². The van der Waals surface area contributed by atoms with Gasteiger partial charge >= 0.3 is 0 Å².